The third kappa shape index (κ3) is 6.82. The zero-order valence-electron chi connectivity index (χ0n) is 13.0. The normalized spacial score (nSPS) is 12.2. The molecule has 0 aliphatic carbocycles. The molecule has 1 atom stereocenters. The van der Waals surface area contributed by atoms with Crippen LogP contribution in [0.1, 0.15) is 26.7 Å². The van der Waals surface area contributed by atoms with Gasteiger partial charge in [0.2, 0.25) is 5.91 Å². The molecule has 0 heterocycles. The molecule has 1 aromatic carbocycles. The lowest BCUT2D eigenvalue weighted by Gasteiger charge is -2.17. The van der Waals surface area contributed by atoms with Gasteiger partial charge in [-0.2, -0.15) is 0 Å². The minimum atomic E-state index is 0.0396. The van der Waals surface area contributed by atoms with E-state index in [2.05, 4.69) is 25.7 Å². The number of nitrogens with two attached hydrogens (primary N) is 1. The highest BCUT2D eigenvalue weighted by atomic mass is 32.2. The molecule has 0 fully saturated rings. The number of hydrogen-bond donors (Lipinski definition) is 2. The Hall–Kier alpha value is -1.26. The molecule has 0 bridgehead atoms. The molecule has 0 aromatic heterocycles. The maximum Gasteiger partial charge on any atom is 0.224 e. The molecule has 0 spiro atoms. The minimum absolute atomic E-state index is 0.0396. The largest absolute Gasteiger partial charge is 0.330 e. The van der Waals surface area contributed by atoms with E-state index in [9.17, 15) is 4.79 Å². The van der Waals surface area contributed by atoms with Gasteiger partial charge in [0, 0.05) is 17.1 Å². The number of carbonyl (C=O) groups excluding carboxylic acids is 1. The van der Waals surface area contributed by atoms with Crippen LogP contribution < -0.4 is 11.1 Å². The third-order valence-corrected chi connectivity index (χ3v) is 4.20. The van der Waals surface area contributed by atoms with Crippen molar-refractivity contribution in [2.45, 2.75) is 31.6 Å². The summed E-state index contributed by atoms with van der Waals surface area (Å²) in [5.41, 5.74) is 6.63. The van der Waals surface area contributed by atoms with Crippen molar-refractivity contribution in [2.24, 2.45) is 17.6 Å². The van der Waals surface area contributed by atoms with Gasteiger partial charge >= 0.3 is 0 Å². The fourth-order valence-electron chi connectivity index (χ4n) is 2.24. The highest BCUT2D eigenvalue weighted by molar-refractivity contribution is 7.99. The molecule has 0 saturated heterocycles. The molecule has 3 nitrogen and oxygen atoms in total. The van der Waals surface area contributed by atoms with E-state index in [1.807, 2.05) is 30.3 Å². The molecule has 1 rings (SSSR count). The first-order valence-corrected chi connectivity index (χ1v) is 8.38. The second kappa shape index (κ2) is 9.64. The van der Waals surface area contributed by atoms with Crippen LogP contribution in [0.4, 0.5) is 5.69 Å². The molecule has 3 N–H and O–H groups in total. The van der Waals surface area contributed by atoms with E-state index in [0.29, 0.717) is 18.9 Å². The molecular formula is C17H26N2OS. The van der Waals surface area contributed by atoms with Gasteiger partial charge in [0.1, 0.15) is 0 Å². The first kappa shape index (κ1) is 17.8. The summed E-state index contributed by atoms with van der Waals surface area (Å²) in [7, 11) is 0. The standard InChI is InChI=1S/C17H26N2OS/c1-4-9-21-16-8-6-5-7-15(16)19-17(20)11-14(12-18)10-13(2)3/h4-8,13-14H,1,9-12,18H2,2-3H3,(H,19,20). The number of anilines is 1. The second-order valence-corrected chi connectivity index (χ2v) is 6.64. The van der Waals surface area contributed by atoms with E-state index in [4.69, 9.17) is 5.73 Å². The number of para-hydroxylation sites is 1. The van der Waals surface area contributed by atoms with E-state index < -0.39 is 0 Å². The lowest BCUT2D eigenvalue weighted by atomic mass is 9.94. The molecule has 1 amide bonds. The van der Waals surface area contributed by atoms with Gasteiger partial charge in [-0.3, -0.25) is 4.79 Å². The summed E-state index contributed by atoms with van der Waals surface area (Å²) < 4.78 is 0. The van der Waals surface area contributed by atoms with Crippen LogP contribution in [0.15, 0.2) is 41.8 Å². The second-order valence-electron chi connectivity index (χ2n) is 5.58. The Morgan fingerprint density at radius 1 is 1.43 bits per heavy atom. The topological polar surface area (TPSA) is 55.1 Å². The predicted octanol–water partition coefficient (Wildman–Crippen LogP) is 3.91. The van der Waals surface area contributed by atoms with Crippen LogP contribution in [0.25, 0.3) is 0 Å². The number of hydrogen-bond acceptors (Lipinski definition) is 3. The van der Waals surface area contributed by atoms with E-state index in [-0.39, 0.29) is 11.8 Å². The molecule has 0 radical (unpaired) electrons. The SMILES string of the molecule is C=CCSc1ccccc1NC(=O)CC(CN)CC(C)C. The van der Waals surface area contributed by atoms with Gasteiger partial charge in [-0.25, -0.2) is 0 Å². The van der Waals surface area contributed by atoms with Gasteiger partial charge in [0.15, 0.2) is 0 Å². The van der Waals surface area contributed by atoms with Gasteiger partial charge < -0.3 is 11.1 Å². The van der Waals surface area contributed by atoms with Crippen LogP contribution in [0.5, 0.6) is 0 Å². The van der Waals surface area contributed by atoms with Crippen molar-refractivity contribution in [1.29, 1.82) is 0 Å². The first-order valence-electron chi connectivity index (χ1n) is 7.39. The molecule has 0 aliphatic rings. The van der Waals surface area contributed by atoms with E-state index in [0.717, 1.165) is 22.8 Å². The highest BCUT2D eigenvalue weighted by Crippen LogP contribution is 2.27. The monoisotopic (exact) mass is 306 g/mol. The molecule has 21 heavy (non-hydrogen) atoms. The van der Waals surface area contributed by atoms with Crippen molar-refractivity contribution in [3.63, 3.8) is 0 Å². The van der Waals surface area contributed by atoms with Gasteiger partial charge in [-0.15, -0.1) is 18.3 Å². The van der Waals surface area contributed by atoms with Gasteiger partial charge in [0.25, 0.3) is 0 Å². The number of rotatable bonds is 9. The zero-order valence-corrected chi connectivity index (χ0v) is 13.8. The summed E-state index contributed by atoms with van der Waals surface area (Å²) in [6.45, 7) is 8.59. The lowest BCUT2D eigenvalue weighted by Crippen LogP contribution is -2.23. The maximum absolute atomic E-state index is 12.2. The Kier molecular flexibility index (Phi) is 8.16. The molecule has 4 heteroatoms. The van der Waals surface area contributed by atoms with Crippen LogP contribution in [0.2, 0.25) is 0 Å². The molecule has 116 valence electrons. The number of amides is 1. The molecule has 0 aliphatic heterocycles. The van der Waals surface area contributed by atoms with E-state index in [1.165, 1.54) is 0 Å². The molecule has 1 aromatic rings. The van der Waals surface area contributed by atoms with E-state index >= 15 is 0 Å². The Balaban J connectivity index is 2.63. The lowest BCUT2D eigenvalue weighted by molar-refractivity contribution is -0.117. The van der Waals surface area contributed by atoms with Gasteiger partial charge in [-0.05, 0) is 36.9 Å². The van der Waals surface area contributed by atoms with Crippen LogP contribution >= 0.6 is 11.8 Å². The Labute approximate surface area is 132 Å². The van der Waals surface area contributed by atoms with Crippen molar-refractivity contribution < 1.29 is 4.79 Å². The fourth-order valence-corrected chi connectivity index (χ4v) is 2.98. The predicted molar refractivity (Wildman–Crippen MR) is 92.6 cm³/mol. The summed E-state index contributed by atoms with van der Waals surface area (Å²) in [4.78, 5) is 13.3. The third-order valence-electron chi connectivity index (χ3n) is 3.13. The minimum Gasteiger partial charge on any atom is -0.330 e. The Morgan fingerprint density at radius 3 is 2.76 bits per heavy atom. The van der Waals surface area contributed by atoms with Crippen molar-refractivity contribution >= 4 is 23.4 Å². The number of carbonyl (C=O) groups is 1. The summed E-state index contributed by atoms with van der Waals surface area (Å²) in [5.74, 6) is 1.67. The highest BCUT2D eigenvalue weighted by Gasteiger charge is 2.15. The molecular weight excluding hydrogens is 280 g/mol. The van der Waals surface area contributed by atoms with Crippen molar-refractivity contribution in [3.8, 4) is 0 Å². The van der Waals surface area contributed by atoms with Crippen LogP contribution in [0.3, 0.4) is 0 Å². The Bertz CT molecular complexity index is 460. The molecule has 1 unspecified atom stereocenters. The number of nitrogens with one attached hydrogen (secondary N) is 1. The fraction of sp³-hybridized carbons (Fsp3) is 0.471. The maximum atomic E-state index is 12.2. The Morgan fingerprint density at radius 2 is 2.14 bits per heavy atom. The molecule has 0 saturated carbocycles. The van der Waals surface area contributed by atoms with E-state index in [1.54, 1.807) is 11.8 Å². The smallest absolute Gasteiger partial charge is 0.224 e. The first-order chi connectivity index (χ1) is 10.1. The number of benzene rings is 1. The van der Waals surface area contributed by atoms with Crippen molar-refractivity contribution in [3.05, 3.63) is 36.9 Å². The number of thioether (sulfide) groups is 1. The average molecular weight is 306 g/mol. The van der Waals surface area contributed by atoms with Crippen molar-refractivity contribution in [1.82, 2.24) is 0 Å². The van der Waals surface area contributed by atoms with Crippen LogP contribution in [-0.2, 0) is 4.79 Å². The summed E-state index contributed by atoms with van der Waals surface area (Å²) >= 11 is 1.67. The van der Waals surface area contributed by atoms with Crippen molar-refractivity contribution in [2.75, 3.05) is 17.6 Å². The quantitative estimate of drug-likeness (QED) is 0.537. The summed E-state index contributed by atoms with van der Waals surface area (Å²) in [5, 5.41) is 3.01. The van der Waals surface area contributed by atoms with Gasteiger partial charge in [-0.1, -0.05) is 32.1 Å². The van der Waals surface area contributed by atoms with Crippen LogP contribution in [-0.4, -0.2) is 18.2 Å². The summed E-state index contributed by atoms with van der Waals surface area (Å²) in [6.07, 6.45) is 3.32. The summed E-state index contributed by atoms with van der Waals surface area (Å²) in [6, 6.07) is 7.85. The van der Waals surface area contributed by atoms with Gasteiger partial charge in [0.05, 0.1) is 5.69 Å². The zero-order chi connectivity index (χ0) is 15.7. The van der Waals surface area contributed by atoms with Crippen LogP contribution in [0, 0.1) is 11.8 Å². The average Bonchev–Trinajstić information content (AvgIpc) is 2.45.